The maximum absolute atomic E-state index is 12.9. The van der Waals surface area contributed by atoms with E-state index in [0.29, 0.717) is 29.9 Å². The van der Waals surface area contributed by atoms with Gasteiger partial charge in [0.05, 0.1) is 17.6 Å². The van der Waals surface area contributed by atoms with Gasteiger partial charge in [-0.15, -0.1) is 0 Å². The average molecular weight is 377 g/mol. The molecule has 1 aliphatic rings. The van der Waals surface area contributed by atoms with Crippen molar-refractivity contribution in [1.82, 2.24) is 19.7 Å². The Morgan fingerprint density at radius 3 is 2.93 bits per heavy atom. The van der Waals surface area contributed by atoms with Crippen LogP contribution in [0.25, 0.3) is 10.9 Å². The number of nitrogens with zero attached hydrogens (tertiary/aromatic N) is 4. The van der Waals surface area contributed by atoms with Crippen LogP contribution in [0.1, 0.15) is 23.6 Å². The highest BCUT2D eigenvalue weighted by Crippen LogP contribution is 2.33. The molecule has 3 aromatic rings. The van der Waals surface area contributed by atoms with E-state index in [-0.39, 0.29) is 6.04 Å². The maximum atomic E-state index is 12.9. The molecule has 0 fully saturated rings. The van der Waals surface area contributed by atoms with Crippen LogP contribution in [0.15, 0.2) is 30.5 Å². The van der Waals surface area contributed by atoms with E-state index < -0.39 is 11.7 Å². The summed E-state index contributed by atoms with van der Waals surface area (Å²) in [7, 11) is 1.60. The lowest BCUT2D eigenvalue weighted by molar-refractivity contribution is -0.137. The molecule has 3 heterocycles. The lowest BCUT2D eigenvalue weighted by Crippen LogP contribution is -2.32. The highest BCUT2D eigenvalue weighted by atomic mass is 19.4. The molecule has 0 radical (unpaired) electrons. The molecule has 1 N–H and O–H groups in total. The Balaban J connectivity index is 1.56. The standard InChI is InChI=1S/C18H18F3N5O/c1-27-10-16-24-17-5-3-12(9-26(17)25-16)23-14-6-7-22-15-8-11(18(19,20)21)2-4-13(14)15/h2,4,6-8,12H,3,5,9-10H2,1H3,(H,22,23). The second-order valence-corrected chi connectivity index (χ2v) is 6.53. The first-order valence-corrected chi connectivity index (χ1v) is 8.58. The van der Waals surface area contributed by atoms with Gasteiger partial charge in [0, 0.05) is 36.8 Å². The monoisotopic (exact) mass is 377 g/mol. The van der Waals surface area contributed by atoms with Gasteiger partial charge >= 0.3 is 6.18 Å². The third kappa shape index (κ3) is 3.59. The van der Waals surface area contributed by atoms with E-state index in [1.165, 1.54) is 12.3 Å². The Morgan fingerprint density at radius 2 is 2.15 bits per heavy atom. The number of aryl methyl sites for hydroxylation is 1. The molecule has 9 heteroatoms. The van der Waals surface area contributed by atoms with E-state index in [2.05, 4.69) is 20.4 Å². The van der Waals surface area contributed by atoms with Gasteiger partial charge in [0.2, 0.25) is 0 Å². The first kappa shape index (κ1) is 17.7. The number of hydrogen-bond acceptors (Lipinski definition) is 5. The summed E-state index contributed by atoms with van der Waals surface area (Å²) in [6.07, 6.45) is -1.23. The molecule has 2 aromatic heterocycles. The van der Waals surface area contributed by atoms with Gasteiger partial charge in [0.15, 0.2) is 5.82 Å². The number of hydrogen-bond donors (Lipinski definition) is 1. The molecule has 27 heavy (non-hydrogen) atoms. The minimum Gasteiger partial charge on any atom is -0.380 e. The second kappa shape index (κ2) is 6.80. The molecule has 1 aromatic carbocycles. The molecule has 142 valence electrons. The van der Waals surface area contributed by atoms with Crippen molar-refractivity contribution in [3.63, 3.8) is 0 Å². The van der Waals surface area contributed by atoms with Crippen LogP contribution in [0.3, 0.4) is 0 Å². The third-order valence-corrected chi connectivity index (χ3v) is 4.61. The minimum absolute atomic E-state index is 0.0995. The zero-order valence-corrected chi connectivity index (χ0v) is 14.6. The third-order valence-electron chi connectivity index (χ3n) is 4.61. The van der Waals surface area contributed by atoms with Crippen LogP contribution in [-0.2, 0) is 30.5 Å². The minimum atomic E-state index is -4.38. The van der Waals surface area contributed by atoms with Gasteiger partial charge in [-0.1, -0.05) is 6.07 Å². The Kier molecular flexibility index (Phi) is 4.47. The molecule has 0 spiro atoms. The van der Waals surface area contributed by atoms with E-state index in [0.717, 1.165) is 36.5 Å². The Labute approximate surface area is 153 Å². The predicted octanol–water partition coefficient (Wildman–Crippen LogP) is 3.42. The topological polar surface area (TPSA) is 64.9 Å². The summed E-state index contributed by atoms with van der Waals surface area (Å²) in [5, 5.41) is 8.52. The number of pyridine rings is 1. The molecule has 0 saturated heterocycles. The predicted molar refractivity (Wildman–Crippen MR) is 93.2 cm³/mol. The summed E-state index contributed by atoms with van der Waals surface area (Å²) >= 11 is 0. The molecule has 0 saturated carbocycles. The van der Waals surface area contributed by atoms with Crippen molar-refractivity contribution in [3.8, 4) is 0 Å². The van der Waals surface area contributed by atoms with Crippen molar-refractivity contribution in [2.75, 3.05) is 12.4 Å². The zero-order valence-electron chi connectivity index (χ0n) is 14.6. The van der Waals surface area contributed by atoms with E-state index in [1.54, 1.807) is 13.2 Å². The van der Waals surface area contributed by atoms with Gasteiger partial charge in [-0.3, -0.25) is 4.98 Å². The first-order chi connectivity index (χ1) is 12.9. The molecule has 1 unspecified atom stereocenters. The van der Waals surface area contributed by atoms with Gasteiger partial charge in [-0.05, 0) is 24.6 Å². The van der Waals surface area contributed by atoms with Crippen molar-refractivity contribution in [2.45, 2.75) is 38.2 Å². The summed E-state index contributed by atoms with van der Waals surface area (Å²) in [5.41, 5.74) is 0.379. The van der Waals surface area contributed by atoms with E-state index >= 15 is 0 Å². The SMILES string of the molecule is COCc1nc2n(n1)CC(Nc1ccnc3cc(C(F)(F)F)ccc13)CC2. The Bertz CT molecular complexity index is 969. The number of aromatic nitrogens is 4. The number of alkyl halides is 3. The number of ether oxygens (including phenoxy) is 1. The largest absolute Gasteiger partial charge is 0.416 e. The van der Waals surface area contributed by atoms with Gasteiger partial charge in [0.25, 0.3) is 0 Å². The van der Waals surface area contributed by atoms with Gasteiger partial charge in [-0.2, -0.15) is 18.3 Å². The number of rotatable bonds is 4. The fourth-order valence-electron chi connectivity index (χ4n) is 3.34. The Hall–Kier alpha value is -2.68. The van der Waals surface area contributed by atoms with Crippen molar-refractivity contribution in [1.29, 1.82) is 0 Å². The smallest absolute Gasteiger partial charge is 0.380 e. The second-order valence-electron chi connectivity index (χ2n) is 6.53. The highest BCUT2D eigenvalue weighted by molar-refractivity contribution is 5.91. The average Bonchev–Trinajstić information content (AvgIpc) is 3.03. The van der Waals surface area contributed by atoms with Gasteiger partial charge < -0.3 is 10.1 Å². The van der Waals surface area contributed by atoms with Gasteiger partial charge in [-0.25, -0.2) is 9.67 Å². The van der Waals surface area contributed by atoms with Crippen LogP contribution < -0.4 is 5.32 Å². The molecule has 4 rings (SSSR count). The fraction of sp³-hybridized carbons (Fsp3) is 0.389. The van der Waals surface area contributed by atoms with E-state index in [4.69, 9.17) is 4.74 Å². The molecule has 6 nitrogen and oxygen atoms in total. The van der Waals surface area contributed by atoms with Gasteiger partial charge in [0.1, 0.15) is 12.4 Å². The van der Waals surface area contributed by atoms with Crippen LogP contribution in [0.4, 0.5) is 18.9 Å². The summed E-state index contributed by atoms with van der Waals surface area (Å²) in [5.74, 6) is 1.58. The maximum Gasteiger partial charge on any atom is 0.416 e. The van der Waals surface area contributed by atoms with Crippen molar-refractivity contribution in [2.24, 2.45) is 0 Å². The number of nitrogens with one attached hydrogen (secondary N) is 1. The van der Waals surface area contributed by atoms with Crippen LogP contribution >= 0.6 is 0 Å². The normalized spacial score (nSPS) is 17.1. The number of methoxy groups -OCH3 is 1. The molecule has 1 atom stereocenters. The van der Waals surface area contributed by atoms with Crippen molar-refractivity contribution < 1.29 is 17.9 Å². The van der Waals surface area contributed by atoms with E-state index in [1.807, 2.05) is 4.68 Å². The Morgan fingerprint density at radius 1 is 1.30 bits per heavy atom. The number of fused-ring (bicyclic) bond motifs is 2. The van der Waals surface area contributed by atoms with Crippen LogP contribution in [0.5, 0.6) is 0 Å². The van der Waals surface area contributed by atoms with Crippen LogP contribution in [-0.4, -0.2) is 32.9 Å². The molecule has 1 aliphatic heterocycles. The fourth-order valence-corrected chi connectivity index (χ4v) is 3.34. The number of halogens is 3. The van der Waals surface area contributed by atoms with Crippen LogP contribution in [0.2, 0.25) is 0 Å². The first-order valence-electron chi connectivity index (χ1n) is 8.58. The summed E-state index contributed by atoms with van der Waals surface area (Å²) in [4.78, 5) is 8.53. The quantitative estimate of drug-likeness (QED) is 0.755. The number of benzene rings is 1. The van der Waals surface area contributed by atoms with Crippen LogP contribution in [0, 0.1) is 0 Å². The summed E-state index contributed by atoms with van der Waals surface area (Å²) in [6, 6.07) is 5.51. The van der Waals surface area contributed by atoms with Crippen molar-refractivity contribution in [3.05, 3.63) is 47.7 Å². The molecule has 0 amide bonds. The molecule has 0 aliphatic carbocycles. The zero-order chi connectivity index (χ0) is 19.0. The number of anilines is 1. The lowest BCUT2D eigenvalue weighted by Gasteiger charge is -2.25. The lowest BCUT2D eigenvalue weighted by atomic mass is 10.1. The molecular formula is C18H18F3N5O. The van der Waals surface area contributed by atoms with Crippen molar-refractivity contribution >= 4 is 16.6 Å². The summed E-state index contributed by atoms with van der Waals surface area (Å²) < 4.78 is 45.7. The van der Waals surface area contributed by atoms with E-state index in [9.17, 15) is 13.2 Å². The molecule has 0 bridgehead atoms. The summed E-state index contributed by atoms with van der Waals surface area (Å²) in [6.45, 7) is 1.01. The molecular weight excluding hydrogens is 359 g/mol. The highest BCUT2D eigenvalue weighted by Gasteiger charge is 2.30.